The molecule has 0 heterocycles. The molecule has 0 amide bonds. The van der Waals surface area contributed by atoms with Crippen molar-refractivity contribution in [2.75, 3.05) is 6.54 Å². The molecule has 7 heteroatoms. The smallest absolute Gasteiger partial charge is 0.258 e. The second kappa shape index (κ2) is 5.24. The lowest BCUT2D eigenvalue weighted by Gasteiger charge is -2.08. The van der Waals surface area contributed by atoms with Crippen LogP contribution in [0.5, 0.6) is 0 Å². The third-order valence-electron chi connectivity index (χ3n) is 2.02. The first kappa shape index (κ1) is 13.6. The van der Waals surface area contributed by atoms with Gasteiger partial charge in [-0.25, -0.2) is 13.1 Å². The van der Waals surface area contributed by atoms with Gasteiger partial charge in [-0.2, -0.15) is 0 Å². The summed E-state index contributed by atoms with van der Waals surface area (Å²) in [6, 6.07) is 4.97. The van der Waals surface area contributed by atoms with E-state index < -0.39 is 14.9 Å². The average Bonchev–Trinajstić information content (AvgIpc) is 2.27. The second-order valence-electron chi connectivity index (χ2n) is 4.00. The van der Waals surface area contributed by atoms with Gasteiger partial charge in [0.2, 0.25) is 10.0 Å². The zero-order chi connectivity index (χ0) is 13.1. The number of hydrogen-bond acceptors (Lipinski definition) is 4. The van der Waals surface area contributed by atoms with Crippen molar-refractivity contribution in [2.24, 2.45) is 5.92 Å². The van der Waals surface area contributed by atoms with Crippen molar-refractivity contribution in [1.82, 2.24) is 4.72 Å². The lowest BCUT2D eigenvalue weighted by atomic mass is 10.2. The number of rotatable bonds is 5. The Morgan fingerprint density at radius 1 is 1.41 bits per heavy atom. The van der Waals surface area contributed by atoms with Crippen molar-refractivity contribution in [1.29, 1.82) is 0 Å². The van der Waals surface area contributed by atoms with E-state index >= 15 is 0 Å². The summed E-state index contributed by atoms with van der Waals surface area (Å²) in [5.41, 5.74) is -0.238. The van der Waals surface area contributed by atoms with Gasteiger partial charge in [-0.3, -0.25) is 10.1 Å². The van der Waals surface area contributed by atoms with Crippen LogP contribution in [0.3, 0.4) is 0 Å². The number of hydrogen-bond donors (Lipinski definition) is 1. The molecule has 6 nitrogen and oxygen atoms in total. The van der Waals surface area contributed by atoms with E-state index in [1.54, 1.807) is 0 Å². The molecule has 17 heavy (non-hydrogen) atoms. The van der Waals surface area contributed by atoms with Crippen LogP contribution in [0.2, 0.25) is 0 Å². The number of nitrogens with zero attached hydrogens (tertiary/aromatic N) is 1. The Morgan fingerprint density at radius 3 is 2.59 bits per heavy atom. The Labute approximate surface area is 99.9 Å². The molecule has 0 aliphatic rings. The normalized spacial score (nSPS) is 11.7. The molecule has 0 aliphatic carbocycles. The van der Waals surface area contributed by atoms with Gasteiger partial charge in [0.05, 0.1) is 9.82 Å². The highest BCUT2D eigenvalue weighted by Gasteiger charge is 2.17. The summed E-state index contributed by atoms with van der Waals surface area (Å²) in [5.74, 6) is 0.170. The summed E-state index contributed by atoms with van der Waals surface area (Å²) >= 11 is 0. The molecular weight excluding hydrogens is 244 g/mol. The molecule has 0 atom stereocenters. The van der Waals surface area contributed by atoms with Crippen molar-refractivity contribution >= 4 is 15.7 Å². The first-order valence-corrected chi connectivity index (χ1v) is 6.55. The quantitative estimate of drug-likeness (QED) is 0.640. The third kappa shape index (κ3) is 3.79. The second-order valence-corrected chi connectivity index (χ2v) is 5.77. The zero-order valence-electron chi connectivity index (χ0n) is 9.58. The van der Waals surface area contributed by atoms with E-state index in [4.69, 9.17) is 0 Å². The van der Waals surface area contributed by atoms with Crippen molar-refractivity contribution < 1.29 is 13.3 Å². The molecule has 0 fully saturated rings. The fourth-order valence-electron chi connectivity index (χ4n) is 1.12. The summed E-state index contributed by atoms with van der Waals surface area (Å²) in [4.78, 5) is 9.82. The number of sulfonamides is 1. The first-order chi connectivity index (χ1) is 7.83. The van der Waals surface area contributed by atoms with Gasteiger partial charge in [0.25, 0.3) is 5.69 Å². The van der Waals surface area contributed by atoms with Gasteiger partial charge in [-0.1, -0.05) is 19.9 Å². The highest BCUT2D eigenvalue weighted by atomic mass is 32.2. The fraction of sp³-hybridized carbons (Fsp3) is 0.400. The van der Waals surface area contributed by atoms with Crippen LogP contribution < -0.4 is 4.72 Å². The molecule has 0 saturated carbocycles. The Morgan fingerprint density at radius 2 is 2.06 bits per heavy atom. The zero-order valence-corrected chi connectivity index (χ0v) is 10.4. The maximum atomic E-state index is 11.8. The third-order valence-corrected chi connectivity index (χ3v) is 3.44. The monoisotopic (exact) mass is 258 g/mol. The maximum Gasteiger partial charge on any atom is 0.270 e. The average molecular weight is 258 g/mol. The van der Waals surface area contributed by atoms with Crippen molar-refractivity contribution in [3.63, 3.8) is 0 Å². The molecule has 0 saturated heterocycles. The van der Waals surface area contributed by atoms with E-state index in [1.165, 1.54) is 18.2 Å². The minimum Gasteiger partial charge on any atom is -0.258 e. The lowest BCUT2D eigenvalue weighted by Crippen LogP contribution is -2.27. The van der Waals surface area contributed by atoms with Crippen LogP contribution in [-0.4, -0.2) is 19.9 Å². The number of benzene rings is 1. The Balaban J connectivity index is 2.99. The van der Waals surface area contributed by atoms with Crippen LogP contribution in [0.4, 0.5) is 5.69 Å². The predicted molar refractivity (Wildman–Crippen MR) is 63.1 cm³/mol. The summed E-state index contributed by atoms with van der Waals surface area (Å²) in [6.07, 6.45) is 0. The summed E-state index contributed by atoms with van der Waals surface area (Å²) in [6.45, 7) is 4.04. The van der Waals surface area contributed by atoms with Crippen molar-refractivity contribution in [3.8, 4) is 0 Å². The highest BCUT2D eigenvalue weighted by molar-refractivity contribution is 7.89. The summed E-state index contributed by atoms with van der Waals surface area (Å²) in [5, 5.41) is 10.5. The van der Waals surface area contributed by atoms with Crippen LogP contribution in [-0.2, 0) is 10.0 Å². The van der Waals surface area contributed by atoms with Gasteiger partial charge in [-0.05, 0) is 12.0 Å². The lowest BCUT2D eigenvalue weighted by molar-refractivity contribution is -0.385. The summed E-state index contributed by atoms with van der Waals surface area (Å²) < 4.78 is 25.9. The number of nitrogens with one attached hydrogen (secondary N) is 1. The molecule has 0 unspecified atom stereocenters. The van der Waals surface area contributed by atoms with E-state index in [1.807, 2.05) is 13.8 Å². The van der Waals surface area contributed by atoms with Gasteiger partial charge >= 0.3 is 0 Å². The van der Waals surface area contributed by atoms with E-state index in [0.29, 0.717) is 6.54 Å². The van der Waals surface area contributed by atoms with Gasteiger partial charge in [0, 0.05) is 18.7 Å². The minimum atomic E-state index is -3.67. The Kier molecular flexibility index (Phi) is 4.19. The van der Waals surface area contributed by atoms with Crippen LogP contribution >= 0.6 is 0 Å². The molecule has 1 rings (SSSR count). The van der Waals surface area contributed by atoms with Gasteiger partial charge < -0.3 is 0 Å². The SMILES string of the molecule is CC(C)CNS(=O)(=O)c1cccc([N+](=O)[O-])c1. The molecule has 1 aromatic rings. The Bertz CT molecular complexity index is 511. The topological polar surface area (TPSA) is 89.3 Å². The number of nitro benzene ring substituents is 1. The van der Waals surface area contributed by atoms with E-state index in [0.717, 1.165) is 6.07 Å². The highest BCUT2D eigenvalue weighted by Crippen LogP contribution is 2.17. The van der Waals surface area contributed by atoms with Crippen LogP contribution in [0, 0.1) is 16.0 Å². The largest absolute Gasteiger partial charge is 0.270 e. The molecule has 0 aromatic heterocycles. The fourth-order valence-corrected chi connectivity index (χ4v) is 2.38. The molecular formula is C10H14N2O4S. The maximum absolute atomic E-state index is 11.8. The first-order valence-electron chi connectivity index (χ1n) is 5.07. The van der Waals surface area contributed by atoms with Crippen LogP contribution in [0.15, 0.2) is 29.2 Å². The van der Waals surface area contributed by atoms with E-state index in [-0.39, 0.29) is 16.5 Å². The van der Waals surface area contributed by atoms with Gasteiger partial charge in [0.1, 0.15) is 0 Å². The molecule has 0 bridgehead atoms. The van der Waals surface area contributed by atoms with E-state index in [2.05, 4.69) is 4.72 Å². The molecule has 1 aromatic carbocycles. The van der Waals surface area contributed by atoms with Crippen LogP contribution in [0.1, 0.15) is 13.8 Å². The molecule has 0 aliphatic heterocycles. The Hall–Kier alpha value is -1.47. The summed E-state index contributed by atoms with van der Waals surface area (Å²) in [7, 11) is -3.67. The van der Waals surface area contributed by atoms with Crippen molar-refractivity contribution in [2.45, 2.75) is 18.7 Å². The number of nitro groups is 1. The molecule has 0 radical (unpaired) electrons. The predicted octanol–water partition coefficient (Wildman–Crippen LogP) is 1.53. The van der Waals surface area contributed by atoms with Crippen LogP contribution in [0.25, 0.3) is 0 Å². The minimum absolute atomic E-state index is 0.0904. The molecule has 94 valence electrons. The van der Waals surface area contributed by atoms with Gasteiger partial charge in [0.15, 0.2) is 0 Å². The molecule has 0 spiro atoms. The van der Waals surface area contributed by atoms with Gasteiger partial charge in [-0.15, -0.1) is 0 Å². The van der Waals surface area contributed by atoms with Crippen molar-refractivity contribution in [3.05, 3.63) is 34.4 Å². The standard InChI is InChI=1S/C10H14N2O4S/c1-8(2)7-11-17(15,16)10-5-3-4-9(6-10)12(13)14/h3-6,8,11H,7H2,1-2H3. The number of non-ortho nitro benzene ring substituents is 1. The molecule has 1 N–H and O–H groups in total. The van der Waals surface area contributed by atoms with E-state index in [9.17, 15) is 18.5 Å².